The molecule has 0 bridgehead atoms. The summed E-state index contributed by atoms with van der Waals surface area (Å²) >= 11 is 0. The highest BCUT2D eigenvalue weighted by Gasteiger charge is 2.20. The van der Waals surface area contributed by atoms with Crippen LogP contribution in [0.2, 0.25) is 0 Å². The van der Waals surface area contributed by atoms with Gasteiger partial charge in [0.2, 0.25) is 0 Å². The first-order valence-electron chi connectivity index (χ1n) is 7.06. The summed E-state index contributed by atoms with van der Waals surface area (Å²) < 4.78 is 5.84. The van der Waals surface area contributed by atoms with E-state index in [1.807, 2.05) is 36.4 Å². The molecular formula is C16H23BN2O2. The van der Waals surface area contributed by atoms with E-state index in [1.54, 1.807) is 0 Å². The van der Waals surface area contributed by atoms with Gasteiger partial charge in [-0.25, -0.2) is 0 Å². The van der Waals surface area contributed by atoms with Crippen molar-refractivity contribution in [3.05, 3.63) is 60.7 Å². The highest BCUT2D eigenvalue weighted by molar-refractivity contribution is 6.80. The van der Waals surface area contributed by atoms with Crippen molar-refractivity contribution in [3.63, 3.8) is 0 Å². The second kappa shape index (κ2) is 11.1. The summed E-state index contributed by atoms with van der Waals surface area (Å²) in [6.45, 7) is 1.55. The molecule has 5 N–H and O–H groups in total. The van der Waals surface area contributed by atoms with Gasteiger partial charge in [-0.1, -0.05) is 60.7 Å². The predicted octanol–water partition coefficient (Wildman–Crippen LogP) is -0.295. The van der Waals surface area contributed by atoms with Gasteiger partial charge in [0.25, 0.3) is 0 Å². The van der Waals surface area contributed by atoms with E-state index in [9.17, 15) is 0 Å². The fraction of sp³-hybridized carbons (Fsp3) is 0.250. The van der Waals surface area contributed by atoms with Gasteiger partial charge in [0.1, 0.15) is 0 Å². The van der Waals surface area contributed by atoms with E-state index >= 15 is 0 Å². The minimum Gasteiger partial charge on any atom is -0.426 e. The molecule has 0 heterocycles. The lowest BCUT2D eigenvalue weighted by atomic mass is 9.55. The second-order valence-corrected chi connectivity index (χ2v) is 4.37. The van der Waals surface area contributed by atoms with Crippen LogP contribution in [0.3, 0.4) is 0 Å². The van der Waals surface area contributed by atoms with E-state index in [0.717, 1.165) is 10.9 Å². The van der Waals surface area contributed by atoms with Crippen LogP contribution in [0.5, 0.6) is 0 Å². The minimum absolute atomic E-state index is 0.0269. The van der Waals surface area contributed by atoms with Crippen LogP contribution in [0.4, 0.5) is 0 Å². The summed E-state index contributed by atoms with van der Waals surface area (Å²) in [5, 5.41) is 7.75. The molecule has 0 radical (unpaired) electrons. The zero-order valence-corrected chi connectivity index (χ0v) is 12.2. The van der Waals surface area contributed by atoms with Gasteiger partial charge in [-0.15, -0.1) is 0 Å². The normalized spacial score (nSPS) is 9.67. The molecule has 0 amide bonds. The number of nitrogens with two attached hydrogens (primary N) is 2. The Kier molecular flexibility index (Phi) is 9.16. The van der Waals surface area contributed by atoms with Gasteiger partial charge in [0, 0.05) is 19.7 Å². The van der Waals surface area contributed by atoms with Gasteiger partial charge in [0.05, 0.1) is 6.61 Å². The van der Waals surface area contributed by atoms with Gasteiger partial charge in [0.15, 0.2) is 0 Å². The molecule has 0 aliphatic heterocycles. The first-order chi connectivity index (χ1) is 10.3. The summed E-state index contributed by atoms with van der Waals surface area (Å²) in [6, 6.07) is 20.4. The summed E-state index contributed by atoms with van der Waals surface area (Å²) in [6.07, 6.45) is 0. The van der Waals surface area contributed by atoms with Crippen LogP contribution in [-0.2, 0) is 4.65 Å². The predicted molar refractivity (Wildman–Crippen MR) is 89.1 cm³/mol. The molecule has 0 fully saturated rings. The third kappa shape index (κ3) is 6.55. The van der Waals surface area contributed by atoms with E-state index in [0.29, 0.717) is 19.7 Å². The minimum atomic E-state index is -0.0269. The molecular weight excluding hydrogens is 263 g/mol. The van der Waals surface area contributed by atoms with Crippen LogP contribution < -0.4 is 22.4 Å². The number of hydrogen-bond acceptors (Lipinski definition) is 4. The number of aliphatic hydroxyl groups excluding tert-OH is 1. The van der Waals surface area contributed by atoms with E-state index < -0.39 is 0 Å². The third-order valence-corrected chi connectivity index (χ3v) is 2.74. The Bertz CT molecular complexity index is 427. The van der Waals surface area contributed by atoms with Crippen LogP contribution in [-0.4, -0.2) is 38.3 Å². The zero-order chi connectivity index (χ0) is 15.3. The van der Waals surface area contributed by atoms with Crippen LogP contribution >= 0.6 is 0 Å². The highest BCUT2D eigenvalue weighted by Crippen LogP contribution is 1.94. The molecule has 2 aromatic rings. The van der Waals surface area contributed by atoms with Crippen molar-refractivity contribution in [2.24, 2.45) is 11.5 Å². The highest BCUT2D eigenvalue weighted by atomic mass is 16.4. The van der Waals surface area contributed by atoms with Crippen molar-refractivity contribution in [1.82, 2.24) is 0 Å². The third-order valence-electron chi connectivity index (χ3n) is 2.74. The molecule has 0 unspecified atom stereocenters. The topological polar surface area (TPSA) is 81.5 Å². The Balaban J connectivity index is 0.000000491. The monoisotopic (exact) mass is 286 g/mol. The van der Waals surface area contributed by atoms with Gasteiger partial charge in [-0.2, -0.15) is 0 Å². The number of rotatable bonds is 6. The lowest BCUT2D eigenvalue weighted by Gasteiger charge is -2.14. The maximum absolute atomic E-state index is 7.75. The second-order valence-electron chi connectivity index (χ2n) is 4.37. The molecule has 0 aliphatic carbocycles. The average Bonchev–Trinajstić information content (AvgIpc) is 2.57. The Morgan fingerprint density at radius 3 is 1.57 bits per heavy atom. The molecule has 0 spiro atoms. The lowest BCUT2D eigenvalue weighted by molar-refractivity contribution is 0.306. The van der Waals surface area contributed by atoms with Gasteiger partial charge >= 0.3 is 6.92 Å². The fourth-order valence-electron chi connectivity index (χ4n) is 1.83. The molecule has 2 aromatic carbocycles. The lowest BCUT2D eigenvalue weighted by Crippen LogP contribution is -2.45. The van der Waals surface area contributed by atoms with Crippen LogP contribution in [0, 0.1) is 0 Å². The SMILES string of the molecule is NCCO.NCCOB(c1ccccc1)c1ccccc1. The summed E-state index contributed by atoms with van der Waals surface area (Å²) in [4.78, 5) is 0. The van der Waals surface area contributed by atoms with Crippen molar-refractivity contribution in [2.75, 3.05) is 26.3 Å². The van der Waals surface area contributed by atoms with Gasteiger partial charge < -0.3 is 21.2 Å². The zero-order valence-electron chi connectivity index (χ0n) is 12.2. The quantitative estimate of drug-likeness (QED) is 0.637. The summed E-state index contributed by atoms with van der Waals surface area (Å²) in [7, 11) is 0. The molecule has 2 rings (SSSR count). The van der Waals surface area contributed by atoms with E-state index in [1.165, 1.54) is 0 Å². The first-order valence-corrected chi connectivity index (χ1v) is 7.06. The van der Waals surface area contributed by atoms with Crippen molar-refractivity contribution >= 4 is 17.8 Å². The van der Waals surface area contributed by atoms with E-state index in [4.69, 9.17) is 21.2 Å². The fourth-order valence-corrected chi connectivity index (χ4v) is 1.83. The maximum atomic E-state index is 7.75. The molecule has 0 aliphatic rings. The smallest absolute Gasteiger partial charge is 0.361 e. The molecule has 112 valence electrons. The van der Waals surface area contributed by atoms with Crippen molar-refractivity contribution in [2.45, 2.75) is 0 Å². The average molecular weight is 286 g/mol. The molecule has 21 heavy (non-hydrogen) atoms. The largest absolute Gasteiger partial charge is 0.426 e. The molecule has 0 atom stereocenters. The van der Waals surface area contributed by atoms with Crippen LogP contribution in [0.15, 0.2) is 60.7 Å². The Hall–Kier alpha value is -1.66. The van der Waals surface area contributed by atoms with Crippen molar-refractivity contribution < 1.29 is 9.76 Å². The Morgan fingerprint density at radius 1 is 0.810 bits per heavy atom. The molecule has 4 nitrogen and oxygen atoms in total. The standard InChI is InChI=1S/C14H16BNO.C2H7NO/c16-11-12-17-15(13-7-3-1-4-8-13)14-9-5-2-6-10-14;3-1-2-4/h1-10H,11-12,16H2;4H,1-3H2. The molecule has 0 saturated heterocycles. The maximum Gasteiger partial charge on any atom is 0.361 e. The van der Waals surface area contributed by atoms with Crippen molar-refractivity contribution in [1.29, 1.82) is 0 Å². The first kappa shape index (κ1) is 17.4. The van der Waals surface area contributed by atoms with Crippen LogP contribution in [0.1, 0.15) is 0 Å². The van der Waals surface area contributed by atoms with E-state index in [2.05, 4.69) is 24.3 Å². The molecule has 0 aromatic heterocycles. The van der Waals surface area contributed by atoms with Gasteiger partial charge in [-0.3, -0.25) is 0 Å². The summed E-state index contributed by atoms with van der Waals surface area (Å²) in [5.74, 6) is 0. The van der Waals surface area contributed by atoms with E-state index in [-0.39, 0.29) is 13.5 Å². The number of aliphatic hydroxyl groups is 1. The molecule has 5 heteroatoms. The number of hydrogen-bond donors (Lipinski definition) is 3. The number of benzene rings is 2. The molecule has 0 saturated carbocycles. The summed E-state index contributed by atoms with van der Waals surface area (Å²) in [5.41, 5.74) is 12.6. The van der Waals surface area contributed by atoms with Crippen molar-refractivity contribution in [3.8, 4) is 0 Å². The Labute approximate surface area is 126 Å². The van der Waals surface area contributed by atoms with Crippen LogP contribution in [0.25, 0.3) is 0 Å². The van der Waals surface area contributed by atoms with Gasteiger partial charge in [-0.05, 0) is 10.9 Å². The Morgan fingerprint density at radius 2 is 1.24 bits per heavy atom.